The first-order valence-corrected chi connectivity index (χ1v) is 15.6. The average Bonchev–Trinajstić information content (AvgIpc) is 3.11. The van der Waals surface area contributed by atoms with Crippen molar-refractivity contribution in [2.75, 3.05) is 45.3 Å². The Hall–Kier alpha value is -3.20. The van der Waals surface area contributed by atoms with Crippen molar-refractivity contribution >= 4 is 40.9 Å². The van der Waals surface area contributed by atoms with Crippen LogP contribution in [-0.2, 0) is 14.3 Å². The van der Waals surface area contributed by atoms with Crippen LogP contribution >= 0.6 is 23.4 Å². The molecule has 5 rings (SSSR count). The number of anilines is 1. The molecule has 7 nitrogen and oxygen atoms in total. The lowest BCUT2D eigenvalue weighted by Crippen LogP contribution is -2.44. The van der Waals surface area contributed by atoms with Crippen LogP contribution < -0.4 is 14.4 Å². The van der Waals surface area contributed by atoms with Gasteiger partial charge in [0.1, 0.15) is 11.5 Å². The van der Waals surface area contributed by atoms with Crippen molar-refractivity contribution in [2.45, 2.75) is 48.4 Å². The van der Waals surface area contributed by atoms with Crippen LogP contribution in [0.2, 0.25) is 5.02 Å². The number of carbonyl (C=O) groups excluding carboxylic acids is 2. The second-order valence-electron chi connectivity index (χ2n) is 10.7. The van der Waals surface area contributed by atoms with E-state index in [1.54, 1.807) is 25.2 Å². The fourth-order valence-electron chi connectivity index (χ4n) is 5.89. The van der Waals surface area contributed by atoms with Gasteiger partial charge in [-0.2, -0.15) is 0 Å². The predicted molar refractivity (Wildman–Crippen MR) is 167 cm³/mol. The van der Waals surface area contributed by atoms with E-state index in [2.05, 4.69) is 17.0 Å². The Morgan fingerprint density at radius 3 is 2.40 bits per heavy atom. The molecule has 2 aliphatic heterocycles. The number of hydrogen-bond donors (Lipinski definition) is 0. The van der Waals surface area contributed by atoms with Crippen molar-refractivity contribution in [2.24, 2.45) is 0 Å². The molecule has 0 bridgehead atoms. The van der Waals surface area contributed by atoms with Crippen LogP contribution in [0.1, 0.15) is 48.5 Å². The SMILES string of the molecule is COc1ccc(C2Sc3cc(Cl)ccc3N(CCCN3CCC(c4ccccc4OC)CC3)C(=O)C2OC(C)=O)cc1. The smallest absolute Gasteiger partial charge is 0.303 e. The van der Waals surface area contributed by atoms with Crippen molar-refractivity contribution in [1.82, 2.24) is 4.90 Å². The summed E-state index contributed by atoms with van der Waals surface area (Å²) in [6.07, 6.45) is 1.94. The molecular formula is C33H37ClN2O5S. The van der Waals surface area contributed by atoms with Crippen LogP contribution in [0.15, 0.2) is 71.6 Å². The van der Waals surface area contributed by atoms with Gasteiger partial charge in [-0.3, -0.25) is 9.59 Å². The van der Waals surface area contributed by atoms with Gasteiger partial charge in [-0.15, -0.1) is 11.8 Å². The van der Waals surface area contributed by atoms with E-state index in [9.17, 15) is 9.59 Å². The molecule has 0 aliphatic carbocycles. The quantitative estimate of drug-likeness (QED) is 0.249. The maximum Gasteiger partial charge on any atom is 0.303 e. The molecular weight excluding hydrogens is 572 g/mol. The summed E-state index contributed by atoms with van der Waals surface area (Å²) in [5, 5.41) is 0.148. The maximum atomic E-state index is 14.1. The van der Waals surface area contributed by atoms with E-state index in [0.29, 0.717) is 23.2 Å². The van der Waals surface area contributed by atoms with Crippen LogP contribution in [0.5, 0.6) is 11.5 Å². The molecule has 42 heavy (non-hydrogen) atoms. The summed E-state index contributed by atoms with van der Waals surface area (Å²) in [5.41, 5.74) is 2.94. The van der Waals surface area contributed by atoms with E-state index in [1.165, 1.54) is 24.2 Å². The molecule has 0 aromatic heterocycles. The molecule has 2 unspecified atom stereocenters. The molecule has 9 heteroatoms. The summed E-state index contributed by atoms with van der Waals surface area (Å²) in [6.45, 7) is 4.71. The summed E-state index contributed by atoms with van der Waals surface area (Å²) in [4.78, 5) is 31.5. The van der Waals surface area contributed by atoms with Crippen molar-refractivity contribution < 1.29 is 23.8 Å². The van der Waals surface area contributed by atoms with Gasteiger partial charge in [0, 0.05) is 23.4 Å². The van der Waals surface area contributed by atoms with Gasteiger partial charge in [-0.25, -0.2) is 0 Å². The summed E-state index contributed by atoms with van der Waals surface area (Å²) < 4.78 is 16.6. The van der Waals surface area contributed by atoms with Crippen molar-refractivity contribution in [1.29, 1.82) is 0 Å². The molecule has 1 fully saturated rings. The number of methoxy groups -OCH3 is 2. The monoisotopic (exact) mass is 608 g/mol. The molecule has 1 amide bonds. The number of rotatable bonds is 9. The topological polar surface area (TPSA) is 68.3 Å². The van der Waals surface area contributed by atoms with Crippen LogP contribution in [0.3, 0.4) is 0 Å². The van der Waals surface area contributed by atoms with E-state index in [0.717, 1.165) is 60.8 Å². The number of para-hydroxylation sites is 1. The molecule has 0 radical (unpaired) electrons. The highest BCUT2D eigenvalue weighted by Crippen LogP contribution is 2.48. The zero-order chi connectivity index (χ0) is 29.6. The number of carbonyl (C=O) groups is 2. The van der Waals surface area contributed by atoms with Gasteiger partial charge in [0.15, 0.2) is 6.10 Å². The number of amides is 1. The van der Waals surface area contributed by atoms with Crippen LogP contribution in [0.25, 0.3) is 0 Å². The molecule has 3 aromatic rings. The number of likely N-dealkylation sites (tertiary alicyclic amines) is 1. The second-order valence-corrected chi connectivity index (χ2v) is 12.3. The zero-order valence-electron chi connectivity index (χ0n) is 24.3. The fraction of sp³-hybridized carbons (Fsp3) is 0.394. The van der Waals surface area contributed by atoms with Gasteiger partial charge in [0.25, 0.3) is 5.91 Å². The fourth-order valence-corrected chi connectivity index (χ4v) is 7.48. The molecule has 222 valence electrons. The third-order valence-electron chi connectivity index (χ3n) is 8.01. The van der Waals surface area contributed by atoms with E-state index in [4.69, 9.17) is 25.8 Å². The normalized spacial score (nSPS) is 19.6. The number of thioether (sulfide) groups is 1. The van der Waals surface area contributed by atoms with Crippen molar-refractivity contribution in [3.8, 4) is 11.5 Å². The molecule has 3 aromatic carbocycles. The highest BCUT2D eigenvalue weighted by molar-refractivity contribution is 7.99. The minimum absolute atomic E-state index is 0.227. The Morgan fingerprint density at radius 2 is 1.71 bits per heavy atom. The first kappa shape index (κ1) is 30.3. The standard InChI is InChI=1S/C33H37ClN2O5S/c1-22(37)41-31-32(24-9-12-26(39-2)13-10-24)42-30-21-25(34)11-14-28(30)36(33(31)38)18-6-17-35-19-15-23(16-20-35)27-7-4-5-8-29(27)40-3/h4-5,7-14,21,23,31-32H,6,15-20H2,1-3H3. The maximum absolute atomic E-state index is 14.1. The van der Waals surface area contributed by atoms with Crippen LogP contribution in [0, 0.1) is 0 Å². The number of hydrogen-bond acceptors (Lipinski definition) is 7. The van der Waals surface area contributed by atoms with Gasteiger partial charge in [0.05, 0.1) is 25.2 Å². The van der Waals surface area contributed by atoms with Gasteiger partial charge in [-0.1, -0.05) is 41.9 Å². The Bertz CT molecular complexity index is 1390. The Labute approximate surface area is 257 Å². The molecule has 2 atom stereocenters. The second kappa shape index (κ2) is 13.8. The Balaban J connectivity index is 1.31. The molecule has 0 saturated carbocycles. The van der Waals surface area contributed by atoms with E-state index >= 15 is 0 Å². The lowest BCUT2D eigenvalue weighted by molar-refractivity contribution is -0.152. The number of nitrogens with zero attached hydrogens (tertiary/aromatic N) is 2. The molecule has 1 saturated heterocycles. The molecule has 0 N–H and O–H groups in total. The first-order chi connectivity index (χ1) is 20.4. The Kier molecular flexibility index (Phi) is 9.98. The molecule has 2 aliphatic rings. The number of ether oxygens (including phenoxy) is 3. The molecule has 0 spiro atoms. The third-order valence-corrected chi connectivity index (χ3v) is 9.60. The summed E-state index contributed by atoms with van der Waals surface area (Å²) in [5.74, 6) is 1.44. The highest BCUT2D eigenvalue weighted by Gasteiger charge is 2.41. The summed E-state index contributed by atoms with van der Waals surface area (Å²) in [7, 11) is 3.34. The van der Waals surface area contributed by atoms with Gasteiger partial charge in [0.2, 0.25) is 0 Å². The number of esters is 1. The minimum atomic E-state index is -0.983. The highest BCUT2D eigenvalue weighted by atomic mass is 35.5. The summed E-state index contributed by atoms with van der Waals surface area (Å²) in [6, 6.07) is 21.4. The summed E-state index contributed by atoms with van der Waals surface area (Å²) >= 11 is 7.91. The lowest BCUT2D eigenvalue weighted by atomic mass is 9.89. The van der Waals surface area contributed by atoms with E-state index in [-0.39, 0.29) is 5.91 Å². The largest absolute Gasteiger partial charge is 0.497 e. The minimum Gasteiger partial charge on any atom is -0.497 e. The number of benzene rings is 3. The zero-order valence-corrected chi connectivity index (χ0v) is 25.8. The molecule has 2 heterocycles. The van der Waals surface area contributed by atoms with Gasteiger partial charge in [-0.05, 0) is 92.3 Å². The van der Waals surface area contributed by atoms with Gasteiger partial charge < -0.3 is 24.0 Å². The number of fused-ring (bicyclic) bond motifs is 1. The predicted octanol–water partition coefficient (Wildman–Crippen LogP) is 6.74. The number of piperidine rings is 1. The van der Waals surface area contributed by atoms with Crippen molar-refractivity contribution in [3.63, 3.8) is 0 Å². The average molecular weight is 609 g/mol. The number of halogens is 1. The van der Waals surface area contributed by atoms with E-state index < -0.39 is 17.3 Å². The van der Waals surface area contributed by atoms with Crippen LogP contribution in [-0.4, -0.2) is 63.3 Å². The van der Waals surface area contributed by atoms with Crippen LogP contribution in [0.4, 0.5) is 5.69 Å². The third kappa shape index (κ3) is 6.88. The lowest BCUT2D eigenvalue weighted by Gasteiger charge is -2.33. The Morgan fingerprint density at radius 1 is 0.976 bits per heavy atom. The van der Waals surface area contributed by atoms with E-state index in [1.807, 2.05) is 48.5 Å². The van der Waals surface area contributed by atoms with Gasteiger partial charge >= 0.3 is 5.97 Å². The van der Waals surface area contributed by atoms with Crippen molar-refractivity contribution in [3.05, 3.63) is 82.9 Å². The first-order valence-electron chi connectivity index (χ1n) is 14.3.